The van der Waals surface area contributed by atoms with E-state index in [4.69, 9.17) is 0 Å². The van der Waals surface area contributed by atoms with Crippen LogP contribution in [0.25, 0.3) is 0 Å². The van der Waals surface area contributed by atoms with Crippen LogP contribution < -0.4 is 5.32 Å². The molecule has 1 N–H and O–H groups in total. The summed E-state index contributed by atoms with van der Waals surface area (Å²) in [5, 5.41) is 5.79. The van der Waals surface area contributed by atoms with E-state index in [1.165, 1.54) is 23.3 Å². The summed E-state index contributed by atoms with van der Waals surface area (Å²) in [5.41, 5.74) is 1.44. The standard InChI is InChI=1S/C13H23NS/c1-5-14-12(7-6-10(2)3)13-11(4)8-9-15-13/h8-10,12,14H,5-7H2,1-4H3. The number of hydrogen-bond acceptors (Lipinski definition) is 2. The van der Waals surface area contributed by atoms with Crippen LogP contribution in [0.3, 0.4) is 0 Å². The largest absolute Gasteiger partial charge is 0.310 e. The highest BCUT2D eigenvalue weighted by atomic mass is 32.1. The van der Waals surface area contributed by atoms with Crippen molar-refractivity contribution in [3.63, 3.8) is 0 Å². The second-order valence-corrected chi connectivity index (χ2v) is 5.50. The fourth-order valence-electron chi connectivity index (χ4n) is 1.81. The fraction of sp³-hybridized carbons (Fsp3) is 0.692. The van der Waals surface area contributed by atoms with Crippen LogP contribution in [0.5, 0.6) is 0 Å². The Kier molecular flexibility index (Phi) is 5.34. The van der Waals surface area contributed by atoms with Gasteiger partial charge in [0.05, 0.1) is 0 Å². The topological polar surface area (TPSA) is 12.0 Å². The van der Waals surface area contributed by atoms with Crippen LogP contribution in [0.2, 0.25) is 0 Å². The van der Waals surface area contributed by atoms with Crippen molar-refractivity contribution in [2.45, 2.75) is 46.6 Å². The number of hydrogen-bond donors (Lipinski definition) is 1. The van der Waals surface area contributed by atoms with Gasteiger partial charge in [0.25, 0.3) is 0 Å². The van der Waals surface area contributed by atoms with Gasteiger partial charge in [-0.1, -0.05) is 20.8 Å². The summed E-state index contributed by atoms with van der Waals surface area (Å²) in [6.45, 7) is 10.0. The van der Waals surface area contributed by atoms with Gasteiger partial charge in [0, 0.05) is 10.9 Å². The Labute approximate surface area is 97.9 Å². The van der Waals surface area contributed by atoms with Crippen molar-refractivity contribution in [2.24, 2.45) is 5.92 Å². The number of rotatable bonds is 6. The normalized spacial score (nSPS) is 13.4. The Balaban J connectivity index is 2.61. The van der Waals surface area contributed by atoms with Crippen LogP contribution in [0.15, 0.2) is 11.4 Å². The molecule has 1 aromatic rings. The smallest absolute Gasteiger partial charge is 0.0417 e. The van der Waals surface area contributed by atoms with E-state index in [1.807, 2.05) is 11.3 Å². The molecule has 1 aromatic heterocycles. The van der Waals surface area contributed by atoms with Crippen LogP contribution in [-0.2, 0) is 0 Å². The Morgan fingerprint density at radius 3 is 2.53 bits per heavy atom. The predicted molar refractivity (Wildman–Crippen MR) is 69.5 cm³/mol. The molecule has 0 saturated carbocycles. The molecule has 0 amide bonds. The molecule has 2 heteroatoms. The van der Waals surface area contributed by atoms with Gasteiger partial charge in [0.1, 0.15) is 0 Å². The van der Waals surface area contributed by atoms with Gasteiger partial charge in [-0.3, -0.25) is 0 Å². The predicted octanol–water partition coefficient (Wildman–Crippen LogP) is 4.14. The van der Waals surface area contributed by atoms with E-state index in [2.05, 4.69) is 44.5 Å². The van der Waals surface area contributed by atoms with Crippen molar-refractivity contribution < 1.29 is 0 Å². The van der Waals surface area contributed by atoms with Gasteiger partial charge in [-0.15, -0.1) is 11.3 Å². The molecule has 0 aromatic carbocycles. The molecule has 0 aliphatic carbocycles. The van der Waals surface area contributed by atoms with E-state index in [9.17, 15) is 0 Å². The molecule has 0 radical (unpaired) electrons. The summed E-state index contributed by atoms with van der Waals surface area (Å²) in [6, 6.07) is 2.79. The first kappa shape index (κ1) is 12.7. The molecule has 0 fully saturated rings. The summed E-state index contributed by atoms with van der Waals surface area (Å²) in [5.74, 6) is 0.798. The third-order valence-corrected chi connectivity index (χ3v) is 3.83. The Hall–Kier alpha value is -0.340. The fourth-order valence-corrected chi connectivity index (χ4v) is 2.85. The van der Waals surface area contributed by atoms with Gasteiger partial charge in [-0.05, 0) is 49.2 Å². The molecule has 0 aliphatic heterocycles. The zero-order valence-electron chi connectivity index (χ0n) is 10.3. The average molecular weight is 225 g/mol. The molecule has 15 heavy (non-hydrogen) atoms. The molecule has 1 rings (SSSR count). The van der Waals surface area contributed by atoms with E-state index in [0.717, 1.165) is 12.5 Å². The molecular formula is C13H23NS. The third-order valence-electron chi connectivity index (χ3n) is 2.70. The SMILES string of the molecule is CCNC(CCC(C)C)c1sccc1C. The molecule has 1 unspecified atom stereocenters. The zero-order valence-corrected chi connectivity index (χ0v) is 11.2. The molecule has 0 bridgehead atoms. The van der Waals surface area contributed by atoms with Crippen molar-refractivity contribution in [3.8, 4) is 0 Å². The van der Waals surface area contributed by atoms with Crippen molar-refractivity contribution in [3.05, 3.63) is 21.9 Å². The van der Waals surface area contributed by atoms with Gasteiger partial charge in [0.2, 0.25) is 0 Å². The van der Waals surface area contributed by atoms with Gasteiger partial charge < -0.3 is 5.32 Å². The van der Waals surface area contributed by atoms with Gasteiger partial charge in [-0.2, -0.15) is 0 Å². The van der Waals surface area contributed by atoms with E-state index >= 15 is 0 Å². The average Bonchev–Trinajstić information content (AvgIpc) is 2.59. The molecular weight excluding hydrogens is 202 g/mol. The number of thiophene rings is 1. The lowest BCUT2D eigenvalue weighted by Crippen LogP contribution is -2.21. The maximum atomic E-state index is 3.59. The highest BCUT2D eigenvalue weighted by Gasteiger charge is 2.14. The first-order chi connectivity index (χ1) is 7.15. The summed E-state index contributed by atoms with van der Waals surface area (Å²) in [7, 11) is 0. The van der Waals surface area contributed by atoms with E-state index < -0.39 is 0 Å². The molecule has 1 atom stereocenters. The molecule has 1 nitrogen and oxygen atoms in total. The van der Waals surface area contributed by atoms with E-state index in [0.29, 0.717) is 6.04 Å². The lowest BCUT2D eigenvalue weighted by atomic mass is 10.0. The number of nitrogens with one attached hydrogen (secondary N) is 1. The second-order valence-electron chi connectivity index (χ2n) is 4.55. The van der Waals surface area contributed by atoms with Crippen molar-refractivity contribution in [2.75, 3.05) is 6.54 Å². The quantitative estimate of drug-likeness (QED) is 0.767. The van der Waals surface area contributed by atoms with Gasteiger partial charge >= 0.3 is 0 Å². The molecule has 0 saturated heterocycles. The van der Waals surface area contributed by atoms with Crippen molar-refractivity contribution >= 4 is 11.3 Å². The maximum absolute atomic E-state index is 3.59. The summed E-state index contributed by atoms with van der Waals surface area (Å²) in [4.78, 5) is 1.53. The Morgan fingerprint density at radius 2 is 2.07 bits per heavy atom. The summed E-state index contributed by atoms with van der Waals surface area (Å²) in [6.07, 6.45) is 2.56. The van der Waals surface area contributed by atoms with Crippen LogP contribution in [0.4, 0.5) is 0 Å². The summed E-state index contributed by atoms with van der Waals surface area (Å²) < 4.78 is 0. The molecule has 0 spiro atoms. The molecule has 0 aliphatic rings. The molecule has 86 valence electrons. The Morgan fingerprint density at radius 1 is 1.33 bits per heavy atom. The van der Waals surface area contributed by atoms with Gasteiger partial charge in [-0.25, -0.2) is 0 Å². The maximum Gasteiger partial charge on any atom is 0.0417 e. The third kappa shape index (κ3) is 3.96. The molecule has 1 heterocycles. The minimum Gasteiger partial charge on any atom is -0.310 e. The van der Waals surface area contributed by atoms with Crippen LogP contribution in [0.1, 0.15) is 50.1 Å². The van der Waals surface area contributed by atoms with Crippen LogP contribution in [0, 0.1) is 12.8 Å². The van der Waals surface area contributed by atoms with Crippen molar-refractivity contribution in [1.82, 2.24) is 5.32 Å². The van der Waals surface area contributed by atoms with E-state index in [-0.39, 0.29) is 0 Å². The van der Waals surface area contributed by atoms with Crippen molar-refractivity contribution in [1.29, 1.82) is 0 Å². The zero-order chi connectivity index (χ0) is 11.3. The van der Waals surface area contributed by atoms with E-state index in [1.54, 1.807) is 0 Å². The van der Waals surface area contributed by atoms with Crippen LogP contribution in [-0.4, -0.2) is 6.54 Å². The Bertz CT molecular complexity index is 278. The lowest BCUT2D eigenvalue weighted by molar-refractivity contribution is 0.452. The highest BCUT2D eigenvalue weighted by Crippen LogP contribution is 2.28. The monoisotopic (exact) mass is 225 g/mol. The number of aryl methyl sites for hydroxylation is 1. The first-order valence-electron chi connectivity index (χ1n) is 5.92. The lowest BCUT2D eigenvalue weighted by Gasteiger charge is -2.18. The summed E-state index contributed by atoms with van der Waals surface area (Å²) >= 11 is 1.89. The minimum atomic E-state index is 0.567. The second kappa shape index (κ2) is 6.29. The first-order valence-corrected chi connectivity index (χ1v) is 6.80. The van der Waals surface area contributed by atoms with Crippen LogP contribution >= 0.6 is 11.3 Å². The van der Waals surface area contributed by atoms with Gasteiger partial charge in [0.15, 0.2) is 0 Å². The minimum absolute atomic E-state index is 0.567. The highest BCUT2D eigenvalue weighted by molar-refractivity contribution is 7.10.